The van der Waals surface area contributed by atoms with Crippen LogP contribution in [0, 0.1) is 5.92 Å². The molecule has 162 valence electrons. The van der Waals surface area contributed by atoms with Gasteiger partial charge in [0, 0.05) is 23.0 Å². The minimum atomic E-state index is 0.165. The molecule has 1 aromatic carbocycles. The first-order chi connectivity index (χ1) is 15.0. The fraction of sp³-hybridized carbons (Fsp3) is 0.458. The van der Waals surface area contributed by atoms with Crippen LogP contribution in [-0.4, -0.2) is 33.9 Å². The second-order valence-corrected chi connectivity index (χ2v) is 10.4. The van der Waals surface area contributed by atoms with E-state index in [-0.39, 0.29) is 11.9 Å². The molecule has 2 aliphatic rings. The maximum Gasteiger partial charge on any atom is 0.226 e. The average Bonchev–Trinajstić information content (AvgIpc) is 3.33. The van der Waals surface area contributed by atoms with Gasteiger partial charge in [-0.05, 0) is 67.2 Å². The van der Waals surface area contributed by atoms with E-state index < -0.39 is 0 Å². The maximum absolute atomic E-state index is 13.0. The summed E-state index contributed by atoms with van der Waals surface area (Å²) in [6, 6.07) is 7.88. The Balaban J connectivity index is 1.32. The lowest BCUT2D eigenvalue weighted by molar-refractivity contribution is -0.132. The van der Waals surface area contributed by atoms with Gasteiger partial charge in [0.25, 0.3) is 0 Å². The van der Waals surface area contributed by atoms with Crippen molar-refractivity contribution in [2.45, 2.75) is 56.9 Å². The van der Waals surface area contributed by atoms with Crippen molar-refractivity contribution in [2.24, 2.45) is 5.92 Å². The van der Waals surface area contributed by atoms with Gasteiger partial charge in [-0.25, -0.2) is 9.97 Å². The molecule has 2 aliphatic carbocycles. The number of amides is 1. The highest BCUT2D eigenvalue weighted by molar-refractivity contribution is 7.19. The highest BCUT2D eigenvalue weighted by Crippen LogP contribution is 2.50. The number of halogens is 1. The Labute approximate surface area is 191 Å². The van der Waals surface area contributed by atoms with Gasteiger partial charge in [0.2, 0.25) is 5.91 Å². The van der Waals surface area contributed by atoms with Crippen LogP contribution in [0.2, 0.25) is 5.02 Å². The van der Waals surface area contributed by atoms with E-state index in [1.807, 2.05) is 36.2 Å². The monoisotopic (exact) mass is 454 g/mol. The molecule has 0 aliphatic heterocycles. The normalized spacial score (nSPS) is 23.1. The summed E-state index contributed by atoms with van der Waals surface area (Å²) in [4.78, 5) is 26.1. The number of nitrogens with two attached hydrogens (primary N) is 1. The molecule has 5 rings (SSSR count). The van der Waals surface area contributed by atoms with Crippen molar-refractivity contribution in [1.82, 2.24) is 14.9 Å². The molecule has 5 nitrogen and oxygen atoms in total. The third-order valence-electron chi connectivity index (χ3n) is 7.13. The number of likely N-dealkylation sites (N-methyl/N-ethyl adjacent to an activating group) is 1. The number of benzene rings is 1. The van der Waals surface area contributed by atoms with E-state index in [1.165, 1.54) is 23.3 Å². The Morgan fingerprint density at radius 1 is 1.29 bits per heavy atom. The van der Waals surface area contributed by atoms with E-state index in [4.69, 9.17) is 17.3 Å². The van der Waals surface area contributed by atoms with Gasteiger partial charge in [-0.2, -0.15) is 0 Å². The standard InChI is InChI=1S/C24H27ClN4OS/c1-29(20(30)11-14-4-2-6-16(25)10-14)17-7-3-5-15(12-17)18-8-9-19-21(18)22-23(26)27-13-28-24(22)31-19/h2,4,6,10,13,15,17-18H,3,5,7-9,11-12H2,1H3,(H2,26,27,28)/t15?,17-,18?/m0/s1. The highest BCUT2D eigenvalue weighted by Gasteiger charge is 2.38. The zero-order valence-corrected chi connectivity index (χ0v) is 19.3. The lowest BCUT2D eigenvalue weighted by Crippen LogP contribution is -2.41. The molecule has 2 aromatic heterocycles. The molecule has 3 atom stereocenters. The number of carbonyl (C=O) groups is 1. The van der Waals surface area contributed by atoms with Crippen LogP contribution >= 0.6 is 22.9 Å². The lowest BCUT2D eigenvalue weighted by atomic mass is 9.75. The first-order valence-electron chi connectivity index (χ1n) is 11.0. The van der Waals surface area contributed by atoms with Crippen LogP contribution in [-0.2, 0) is 17.6 Å². The third-order valence-corrected chi connectivity index (χ3v) is 8.53. The predicted octanol–water partition coefficient (Wildman–Crippen LogP) is 5.22. The zero-order valence-electron chi connectivity index (χ0n) is 17.7. The topological polar surface area (TPSA) is 72.1 Å². The number of rotatable bonds is 4. The molecule has 1 saturated carbocycles. The van der Waals surface area contributed by atoms with E-state index in [2.05, 4.69) is 9.97 Å². The van der Waals surface area contributed by atoms with Crippen LogP contribution in [0.25, 0.3) is 10.2 Å². The van der Waals surface area contributed by atoms with Gasteiger partial charge in [0.15, 0.2) is 0 Å². The molecular weight excluding hydrogens is 428 g/mol. The molecule has 2 heterocycles. The molecule has 31 heavy (non-hydrogen) atoms. The summed E-state index contributed by atoms with van der Waals surface area (Å²) in [6.07, 6.45) is 8.72. The van der Waals surface area contributed by atoms with E-state index >= 15 is 0 Å². The van der Waals surface area contributed by atoms with Crippen LogP contribution in [0.15, 0.2) is 30.6 Å². The first kappa shape index (κ1) is 20.7. The van der Waals surface area contributed by atoms with Crippen LogP contribution in [0.1, 0.15) is 54.0 Å². The van der Waals surface area contributed by atoms with Gasteiger partial charge in [-0.1, -0.05) is 30.2 Å². The number of thiophene rings is 1. The number of nitrogens with zero attached hydrogens (tertiary/aromatic N) is 3. The average molecular weight is 455 g/mol. The fourth-order valence-corrected chi connectivity index (χ4v) is 7.02. The van der Waals surface area contributed by atoms with Gasteiger partial charge in [-0.15, -0.1) is 11.3 Å². The molecule has 7 heteroatoms. The number of aromatic nitrogens is 2. The molecular formula is C24H27ClN4OS. The number of anilines is 1. The van der Waals surface area contributed by atoms with E-state index in [1.54, 1.807) is 17.7 Å². The van der Waals surface area contributed by atoms with Gasteiger partial charge < -0.3 is 10.6 Å². The number of hydrogen-bond acceptors (Lipinski definition) is 5. The summed E-state index contributed by atoms with van der Waals surface area (Å²) >= 11 is 7.87. The fourth-order valence-electron chi connectivity index (χ4n) is 5.57. The molecule has 2 N–H and O–H groups in total. The highest BCUT2D eigenvalue weighted by atomic mass is 35.5. The van der Waals surface area contributed by atoms with Crippen LogP contribution in [0.3, 0.4) is 0 Å². The molecule has 0 bridgehead atoms. The summed E-state index contributed by atoms with van der Waals surface area (Å²) < 4.78 is 0. The van der Waals surface area contributed by atoms with E-state index in [0.717, 1.165) is 41.5 Å². The minimum absolute atomic E-state index is 0.165. The SMILES string of the molecule is CN(C(=O)Cc1cccc(Cl)c1)[C@H]1CCCC(C2CCc3sc4ncnc(N)c4c32)C1. The number of hydrogen-bond donors (Lipinski definition) is 1. The Morgan fingerprint density at radius 3 is 3.00 bits per heavy atom. The first-order valence-corrected chi connectivity index (χ1v) is 12.2. The lowest BCUT2D eigenvalue weighted by Gasteiger charge is -2.38. The smallest absolute Gasteiger partial charge is 0.226 e. The Kier molecular flexibility index (Phi) is 5.61. The Hall–Kier alpha value is -2.18. The van der Waals surface area contributed by atoms with E-state index in [0.29, 0.717) is 29.1 Å². The quantitative estimate of drug-likeness (QED) is 0.586. The molecule has 0 saturated heterocycles. The minimum Gasteiger partial charge on any atom is -0.383 e. The number of aryl methyl sites for hydroxylation is 1. The molecule has 3 aromatic rings. The third kappa shape index (κ3) is 3.92. The van der Waals surface area contributed by atoms with Crippen molar-refractivity contribution in [3.63, 3.8) is 0 Å². The Bertz CT molecular complexity index is 1130. The van der Waals surface area contributed by atoms with E-state index in [9.17, 15) is 4.79 Å². The van der Waals surface area contributed by atoms with Crippen molar-refractivity contribution in [2.75, 3.05) is 12.8 Å². The predicted molar refractivity (Wildman–Crippen MR) is 127 cm³/mol. The Morgan fingerprint density at radius 2 is 2.16 bits per heavy atom. The van der Waals surface area contributed by atoms with Gasteiger partial charge >= 0.3 is 0 Å². The second kappa shape index (κ2) is 8.40. The molecule has 2 unspecified atom stereocenters. The van der Waals surface area contributed by atoms with Crippen LogP contribution < -0.4 is 5.73 Å². The van der Waals surface area contributed by atoms with Crippen molar-refractivity contribution >= 4 is 44.9 Å². The maximum atomic E-state index is 13.0. The number of fused-ring (bicyclic) bond motifs is 3. The van der Waals surface area contributed by atoms with Crippen LogP contribution in [0.4, 0.5) is 5.82 Å². The van der Waals surface area contributed by atoms with Crippen molar-refractivity contribution in [1.29, 1.82) is 0 Å². The summed E-state index contributed by atoms with van der Waals surface area (Å²) in [5.41, 5.74) is 8.63. The summed E-state index contributed by atoms with van der Waals surface area (Å²) in [5.74, 6) is 1.84. The number of carbonyl (C=O) groups excluding carboxylic acids is 1. The summed E-state index contributed by atoms with van der Waals surface area (Å²) in [6.45, 7) is 0. The number of nitrogen functional groups attached to an aromatic ring is 1. The zero-order chi connectivity index (χ0) is 21.5. The van der Waals surface area contributed by atoms with Gasteiger partial charge in [0.1, 0.15) is 17.0 Å². The van der Waals surface area contributed by atoms with Crippen molar-refractivity contribution < 1.29 is 4.79 Å². The second-order valence-electron chi connectivity index (χ2n) is 8.91. The van der Waals surface area contributed by atoms with Gasteiger partial charge in [-0.3, -0.25) is 4.79 Å². The molecule has 1 amide bonds. The largest absolute Gasteiger partial charge is 0.383 e. The van der Waals surface area contributed by atoms with Crippen molar-refractivity contribution in [3.05, 3.63) is 51.6 Å². The molecule has 0 radical (unpaired) electrons. The summed E-state index contributed by atoms with van der Waals surface area (Å²) in [5, 5.41) is 1.76. The molecule has 0 spiro atoms. The van der Waals surface area contributed by atoms with Gasteiger partial charge in [0.05, 0.1) is 11.8 Å². The molecule has 1 fully saturated rings. The summed E-state index contributed by atoms with van der Waals surface area (Å²) in [7, 11) is 1.96. The van der Waals surface area contributed by atoms with Crippen LogP contribution in [0.5, 0.6) is 0 Å². The van der Waals surface area contributed by atoms with Crippen molar-refractivity contribution in [3.8, 4) is 0 Å².